The number of benzene rings is 1. The zero-order valence-corrected chi connectivity index (χ0v) is 12.3. The van der Waals surface area contributed by atoms with Gasteiger partial charge in [0.2, 0.25) is 0 Å². The van der Waals surface area contributed by atoms with E-state index in [1.54, 1.807) is 6.92 Å². The molecule has 0 radical (unpaired) electrons. The third-order valence-electron chi connectivity index (χ3n) is 2.69. The fraction of sp³-hybridized carbons (Fsp3) is 0.462. The van der Waals surface area contributed by atoms with E-state index in [1.807, 2.05) is 6.92 Å². The molecule has 0 spiro atoms. The molecule has 0 heterocycles. The average molecular weight is 338 g/mol. The summed E-state index contributed by atoms with van der Waals surface area (Å²) in [7, 11) is 0. The van der Waals surface area contributed by atoms with E-state index in [-0.39, 0.29) is 11.5 Å². The zero-order chi connectivity index (χ0) is 14.6. The van der Waals surface area contributed by atoms with Gasteiger partial charge in [-0.15, -0.1) is 0 Å². The molecule has 0 bridgehead atoms. The van der Waals surface area contributed by atoms with Crippen LogP contribution in [0.3, 0.4) is 0 Å². The quantitative estimate of drug-likeness (QED) is 0.800. The molecule has 1 aromatic carbocycles. The largest absolute Gasteiger partial charge is 0.416 e. The predicted molar refractivity (Wildman–Crippen MR) is 71.0 cm³/mol. The van der Waals surface area contributed by atoms with E-state index in [2.05, 4.69) is 15.9 Å². The first-order valence-corrected chi connectivity index (χ1v) is 6.76. The lowest BCUT2D eigenvalue weighted by Crippen LogP contribution is -2.32. The molecule has 0 saturated heterocycles. The van der Waals surface area contributed by atoms with Gasteiger partial charge in [-0.2, -0.15) is 13.2 Å². The summed E-state index contributed by atoms with van der Waals surface area (Å²) in [4.78, 5) is 13.7. The average Bonchev–Trinajstić information content (AvgIpc) is 2.34. The molecule has 106 valence electrons. The molecule has 6 heteroatoms. The predicted octanol–water partition coefficient (Wildman–Crippen LogP) is 4.34. The Morgan fingerprint density at radius 1 is 1.32 bits per heavy atom. The third-order valence-corrected chi connectivity index (χ3v) is 3.38. The van der Waals surface area contributed by atoms with Crippen LogP contribution >= 0.6 is 15.9 Å². The highest BCUT2D eigenvalue weighted by Gasteiger charge is 2.32. The van der Waals surface area contributed by atoms with Crippen LogP contribution in [-0.4, -0.2) is 23.9 Å². The molecule has 0 aliphatic heterocycles. The SMILES string of the molecule is CCCN(CC)C(=O)c1cc(C(F)(F)F)ccc1Br. The Morgan fingerprint density at radius 3 is 2.42 bits per heavy atom. The molecular formula is C13H15BrF3NO. The number of hydrogen-bond donors (Lipinski definition) is 0. The number of amides is 1. The van der Waals surface area contributed by atoms with Gasteiger partial charge >= 0.3 is 6.18 Å². The summed E-state index contributed by atoms with van der Waals surface area (Å²) >= 11 is 3.13. The highest BCUT2D eigenvalue weighted by Crippen LogP contribution is 2.32. The van der Waals surface area contributed by atoms with Crippen LogP contribution in [0.1, 0.15) is 36.2 Å². The van der Waals surface area contributed by atoms with Crippen molar-refractivity contribution >= 4 is 21.8 Å². The van der Waals surface area contributed by atoms with Crippen LogP contribution in [0.15, 0.2) is 22.7 Å². The van der Waals surface area contributed by atoms with Crippen LogP contribution in [0.2, 0.25) is 0 Å². The van der Waals surface area contributed by atoms with Gasteiger partial charge in [0.05, 0.1) is 11.1 Å². The summed E-state index contributed by atoms with van der Waals surface area (Å²) in [6, 6.07) is 3.11. The van der Waals surface area contributed by atoms with E-state index in [0.717, 1.165) is 18.6 Å². The highest BCUT2D eigenvalue weighted by atomic mass is 79.9. The lowest BCUT2D eigenvalue weighted by atomic mass is 10.1. The standard InChI is InChI=1S/C13H15BrF3NO/c1-3-7-18(4-2)12(19)10-8-9(13(15,16)17)5-6-11(10)14/h5-6,8H,3-4,7H2,1-2H3. The number of halogens is 4. The van der Waals surface area contributed by atoms with Crippen molar-refractivity contribution in [2.75, 3.05) is 13.1 Å². The van der Waals surface area contributed by atoms with Gasteiger partial charge in [-0.25, -0.2) is 0 Å². The molecular weight excluding hydrogens is 323 g/mol. The Balaban J connectivity index is 3.15. The Bertz CT molecular complexity index is 460. The van der Waals surface area contributed by atoms with Gasteiger partial charge in [0.15, 0.2) is 0 Å². The Kier molecular flexibility index (Phi) is 5.40. The fourth-order valence-corrected chi connectivity index (χ4v) is 2.13. The smallest absolute Gasteiger partial charge is 0.339 e. The lowest BCUT2D eigenvalue weighted by molar-refractivity contribution is -0.137. The van der Waals surface area contributed by atoms with E-state index in [0.29, 0.717) is 17.6 Å². The molecule has 0 aliphatic rings. The van der Waals surface area contributed by atoms with E-state index in [1.165, 1.54) is 11.0 Å². The van der Waals surface area contributed by atoms with Crippen LogP contribution in [0.4, 0.5) is 13.2 Å². The first kappa shape index (κ1) is 16.0. The third kappa shape index (κ3) is 3.96. The summed E-state index contributed by atoms with van der Waals surface area (Å²) < 4.78 is 38.3. The molecule has 0 aliphatic carbocycles. The summed E-state index contributed by atoms with van der Waals surface area (Å²) in [6.45, 7) is 4.71. The number of nitrogens with zero attached hydrogens (tertiary/aromatic N) is 1. The van der Waals surface area contributed by atoms with Gasteiger partial charge in [-0.1, -0.05) is 6.92 Å². The van der Waals surface area contributed by atoms with Crippen LogP contribution in [0.5, 0.6) is 0 Å². The van der Waals surface area contributed by atoms with Crippen molar-refractivity contribution in [3.8, 4) is 0 Å². The molecule has 1 aromatic rings. The summed E-state index contributed by atoms with van der Waals surface area (Å²) in [5.74, 6) is -0.387. The topological polar surface area (TPSA) is 20.3 Å². The second-order valence-electron chi connectivity index (χ2n) is 4.08. The second-order valence-corrected chi connectivity index (χ2v) is 4.93. The summed E-state index contributed by atoms with van der Waals surface area (Å²) in [5, 5.41) is 0. The van der Waals surface area contributed by atoms with Gasteiger partial charge in [0, 0.05) is 17.6 Å². The van der Waals surface area contributed by atoms with Crippen molar-refractivity contribution in [2.24, 2.45) is 0 Å². The number of carbonyl (C=O) groups is 1. The molecule has 0 atom stereocenters. The molecule has 2 nitrogen and oxygen atoms in total. The number of hydrogen-bond acceptors (Lipinski definition) is 1. The maximum atomic E-state index is 12.7. The van der Waals surface area contributed by atoms with Crippen molar-refractivity contribution in [1.29, 1.82) is 0 Å². The van der Waals surface area contributed by atoms with Gasteiger partial charge in [-0.3, -0.25) is 4.79 Å². The van der Waals surface area contributed by atoms with Crippen molar-refractivity contribution in [2.45, 2.75) is 26.4 Å². The molecule has 0 unspecified atom stereocenters. The zero-order valence-electron chi connectivity index (χ0n) is 10.7. The van der Waals surface area contributed by atoms with Gasteiger partial charge < -0.3 is 4.90 Å². The van der Waals surface area contributed by atoms with Crippen LogP contribution in [-0.2, 0) is 6.18 Å². The molecule has 0 fully saturated rings. The van der Waals surface area contributed by atoms with Gasteiger partial charge in [0.1, 0.15) is 0 Å². The minimum atomic E-state index is -4.45. The van der Waals surface area contributed by atoms with Crippen LogP contribution in [0, 0.1) is 0 Å². The Morgan fingerprint density at radius 2 is 1.95 bits per heavy atom. The molecule has 1 rings (SSSR count). The normalized spacial score (nSPS) is 11.5. The molecule has 0 N–H and O–H groups in total. The van der Waals surface area contributed by atoms with Crippen molar-refractivity contribution in [1.82, 2.24) is 4.90 Å². The fourth-order valence-electron chi connectivity index (χ4n) is 1.71. The van der Waals surface area contributed by atoms with Crippen molar-refractivity contribution < 1.29 is 18.0 Å². The maximum Gasteiger partial charge on any atom is 0.416 e. The lowest BCUT2D eigenvalue weighted by Gasteiger charge is -2.21. The van der Waals surface area contributed by atoms with Crippen molar-refractivity contribution in [3.63, 3.8) is 0 Å². The van der Waals surface area contributed by atoms with Crippen molar-refractivity contribution in [3.05, 3.63) is 33.8 Å². The summed E-state index contributed by atoms with van der Waals surface area (Å²) in [6.07, 6.45) is -3.69. The number of alkyl halides is 3. The highest BCUT2D eigenvalue weighted by molar-refractivity contribution is 9.10. The van der Waals surface area contributed by atoms with E-state index in [9.17, 15) is 18.0 Å². The van der Waals surface area contributed by atoms with Crippen LogP contribution in [0.25, 0.3) is 0 Å². The monoisotopic (exact) mass is 337 g/mol. The maximum absolute atomic E-state index is 12.7. The Labute approximate surface area is 118 Å². The molecule has 1 amide bonds. The van der Waals surface area contributed by atoms with Crippen LogP contribution < -0.4 is 0 Å². The molecule has 19 heavy (non-hydrogen) atoms. The minimum absolute atomic E-state index is 0.0464. The Hall–Kier alpha value is -1.04. The van der Waals surface area contributed by atoms with Gasteiger partial charge in [0.25, 0.3) is 5.91 Å². The number of rotatable bonds is 4. The minimum Gasteiger partial charge on any atom is -0.339 e. The van der Waals surface area contributed by atoms with E-state index >= 15 is 0 Å². The first-order chi connectivity index (χ1) is 8.81. The molecule has 0 saturated carbocycles. The molecule has 0 aromatic heterocycles. The van der Waals surface area contributed by atoms with E-state index < -0.39 is 11.7 Å². The summed E-state index contributed by atoms with van der Waals surface area (Å²) in [5.41, 5.74) is -0.767. The van der Waals surface area contributed by atoms with E-state index in [4.69, 9.17) is 0 Å². The first-order valence-electron chi connectivity index (χ1n) is 5.97. The van der Waals surface area contributed by atoms with Gasteiger partial charge in [-0.05, 0) is 47.5 Å². The second kappa shape index (κ2) is 6.41. The number of carbonyl (C=O) groups excluding carboxylic acids is 1.